The van der Waals surface area contributed by atoms with Crippen LogP contribution in [0.4, 0.5) is 0 Å². The van der Waals surface area contributed by atoms with Gasteiger partial charge in [-0.2, -0.15) is 4.98 Å². The Morgan fingerprint density at radius 3 is 2.03 bits per heavy atom. The van der Waals surface area contributed by atoms with Crippen LogP contribution in [0.5, 0.6) is 11.5 Å². The van der Waals surface area contributed by atoms with Crippen LogP contribution in [0.25, 0.3) is 27.6 Å². The van der Waals surface area contributed by atoms with Gasteiger partial charge in [-0.25, -0.2) is 15.0 Å². The van der Waals surface area contributed by atoms with Gasteiger partial charge >= 0.3 is 0 Å². The van der Waals surface area contributed by atoms with E-state index >= 15 is 0 Å². The van der Waals surface area contributed by atoms with E-state index in [9.17, 15) is 0 Å². The molecule has 1 N–H and O–H groups in total. The predicted octanol–water partition coefficient (Wildman–Crippen LogP) is 8.35. The summed E-state index contributed by atoms with van der Waals surface area (Å²) in [5.41, 5.74) is 2.06. The number of rotatable bonds is 3. The molecule has 8 nitrogen and oxygen atoms in total. The van der Waals surface area contributed by atoms with Gasteiger partial charge in [0.1, 0.15) is 16.5 Å². The third-order valence-corrected chi connectivity index (χ3v) is 6.58. The Morgan fingerprint density at radius 1 is 0.718 bits per heavy atom. The number of aromatic amines is 1. The van der Waals surface area contributed by atoms with Crippen molar-refractivity contribution >= 4 is 79.8 Å². The van der Waals surface area contributed by atoms with Gasteiger partial charge in [0.15, 0.2) is 11.0 Å². The maximum Gasteiger partial charge on any atom is 0.224 e. The molecule has 0 atom stereocenters. The number of nitrogens with one attached hydrogen (secondary N) is 1. The largest absolute Gasteiger partial charge is 0.496 e. The molecule has 0 aliphatic heterocycles. The summed E-state index contributed by atoms with van der Waals surface area (Å²) in [7, 11) is 3.32. The molecule has 0 aliphatic carbocycles. The zero-order chi connectivity index (χ0) is 27.9. The fraction of sp³-hybridized carbons (Fsp3) is 0.0769. The minimum Gasteiger partial charge on any atom is -0.496 e. The monoisotopic (exact) mass is 622 g/mol. The van der Waals surface area contributed by atoms with Crippen molar-refractivity contribution in [2.45, 2.75) is 0 Å². The smallest absolute Gasteiger partial charge is 0.224 e. The first-order valence-electron chi connectivity index (χ1n) is 11.1. The highest BCUT2D eigenvalue weighted by atomic mass is 35.5. The van der Waals surface area contributed by atoms with Gasteiger partial charge in [0.05, 0.1) is 37.2 Å². The van der Waals surface area contributed by atoms with Crippen LogP contribution < -0.4 is 9.47 Å². The fourth-order valence-electron chi connectivity index (χ4n) is 3.57. The third-order valence-electron chi connectivity index (χ3n) is 5.28. The van der Waals surface area contributed by atoms with Gasteiger partial charge in [0, 0.05) is 28.7 Å². The van der Waals surface area contributed by atoms with Gasteiger partial charge in [0.25, 0.3) is 0 Å². The predicted molar refractivity (Wildman–Crippen MR) is 157 cm³/mol. The van der Waals surface area contributed by atoms with Crippen molar-refractivity contribution in [3.8, 4) is 17.3 Å². The standard InChI is InChI=1S/C13H9Cl2N3O.C9H9NO.C4HCl3N2/c1-19-11-4-2-3-10-8(11)5-6-18(10)12-9(14)7-16-13(15)17-12;1-11-9-4-2-3-8-7(9)5-6-10-8;5-2-1-8-4(7)9-3(2)6/h2-7H,1H3;2-6,10H,1H3;1H. The number of hydrogen-bond acceptors (Lipinski definition) is 6. The molecule has 0 saturated carbocycles. The van der Waals surface area contributed by atoms with E-state index in [0.717, 1.165) is 33.3 Å². The number of fused-ring (bicyclic) bond motifs is 2. The Hall–Kier alpha value is -3.27. The van der Waals surface area contributed by atoms with Crippen LogP contribution in [0.3, 0.4) is 0 Å². The molecule has 0 bridgehead atoms. The van der Waals surface area contributed by atoms with Gasteiger partial charge < -0.3 is 14.5 Å². The highest BCUT2D eigenvalue weighted by Crippen LogP contribution is 2.30. The van der Waals surface area contributed by atoms with Crippen LogP contribution in [-0.4, -0.2) is 43.7 Å². The second-order valence-corrected chi connectivity index (χ2v) is 9.41. The molecule has 13 heteroatoms. The van der Waals surface area contributed by atoms with E-state index in [4.69, 9.17) is 67.5 Å². The van der Waals surface area contributed by atoms with E-state index < -0.39 is 0 Å². The van der Waals surface area contributed by atoms with Gasteiger partial charge in [-0.1, -0.05) is 46.9 Å². The Morgan fingerprint density at radius 2 is 1.36 bits per heavy atom. The molecule has 0 fully saturated rings. The summed E-state index contributed by atoms with van der Waals surface area (Å²) < 4.78 is 12.3. The summed E-state index contributed by atoms with van der Waals surface area (Å²) in [5.74, 6) is 2.26. The van der Waals surface area contributed by atoms with E-state index in [1.807, 2.05) is 65.5 Å². The molecule has 0 amide bonds. The molecule has 6 aromatic rings. The molecule has 4 aromatic heterocycles. The zero-order valence-corrected chi connectivity index (χ0v) is 24.2. The summed E-state index contributed by atoms with van der Waals surface area (Å²) in [6, 6.07) is 15.7. The van der Waals surface area contributed by atoms with Crippen LogP contribution in [0.1, 0.15) is 0 Å². The first kappa shape index (κ1) is 28.7. The molecule has 6 rings (SSSR count). The third kappa shape index (κ3) is 6.84. The number of ether oxygens (including phenoxy) is 2. The minimum absolute atomic E-state index is 0.101. The average molecular weight is 625 g/mol. The summed E-state index contributed by atoms with van der Waals surface area (Å²) >= 11 is 28.2. The number of nitrogens with zero attached hydrogens (tertiary/aromatic N) is 5. The molecule has 0 aliphatic rings. The number of aromatic nitrogens is 6. The molecule has 4 heterocycles. The van der Waals surface area contributed by atoms with E-state index in [0.29, 0.717) is 15.9 Å². The molecule has 0 unspecified atom stereocenters. The maximum absolute atomic E-state index is 6.13. The van der Waals surface area contributed by atoms with Crippen molar-refractivity contribution in [2.24, 2.45) is 0 Å². The van der Waals surface area contributed by atoms with Crippen LogP contribution in [0, 0.1) is 0 Å². The summed E-state index contributed by atoms with van der Waals surface area (Å²) in [6.45, 7) is 0. The molecule has 200 valence electrons. The zero-order valence-electron chi connectivity index (χ0n) is 20.4. The number of methoxy groups -OCH3 is 2. The van der Waals surface area contributed by atoms with Crippen LogP contribution in [-0.2, 0) is 0 Å². The Balaban J connectivity index is 0.000000149. The van der Waals surface area contributed by atoms with Gasteiger partial charge in [-0.05, 0) is 59.6 Å². The highest BCUT2D eigenvalue weighted by molar-refractivity contribution is 6.41. The Labute approximate surface area is 248 Å². The lowest BCUT2D eigenvalue weighted by Gasteiger charge is -2.07. The average Bonchev–Trinajstić information content (AvgIpc) is 3.60. The van der Waals surface area contributed by atoms with Crippen LogP contribution in [0.2, 0.25) is 25.8 Å². The number of halogens is 5. The van der Waals surface area contributed by atoms with Crippen molar-refractivity contribution < 1.29 is 9.47 Å². The lowest BCUT2D eigenvalue weighted by atomic mass is 10.2. The number of hydrogen-bond donors (Lipinski definition) is 1. The van der Waals surface area contributed by atoms with Gasteiger partial charge in [-0.3, -0.25) is 4.57 Å². The van der Waals surface area contributed by atoms with Crippen LogP contribution in [0.15, 0.2) is 73.3 Å². The quantitative estimate of drug-likeness (QED) is 0.157. The topological polar surface area (TPSA) is 90.7 Å². The van der Waals surface area contributed by atoms with Crippen LogP contribution >= 0.6 is 58.0 Å². The lowest BCUT2D eigenvalue weighted by Crippen LogP contribution is -1.98. The van der Waals surface area contributed by atoms with E-state index in [2.05, 4.69) is 24.9 Å². The first-order chi connectivity index (χ1) is 18.8. The van der Waals surface area contributed by atoms with Gasteiger partial charge in [0.2, 0.25) is 10.6 Å². The van der Waals surface area contributed by atoms with E-state index in [1.165, 1.54) is 12.4 Å². The second kappa shape index (κ2) is 13.2. The summed E-state index contributed by atoms with van der Waals surface area (Å²) in [5, 5.41) is 3.29. The Kier molecular flexibility index (Phi) is 9.72. The molecular weight excluding hydrogens is 606 g/mol. The van der Waals surface area contributed by atoms with Crippen molar-refractivity contribution in [1.82, 2.24) is 29.5 Å². The van der Waals surface area contributed by atoms with E-state index in [-0.39, 0.29) is 15.7 Å². The van der Waals surface area contributed by atoms with Crippen molar-refractivity contribution in [3.63, 3.8) is 0 Å². The van der Waals surface area contributed by atoms with Crippen molar-refractivity contribution in [1.29, 1.82) is 0 Å². The molecule has 0 radical (unpaired) electrons. The molecular formula is C26H19Cl5N6O2. The van der Waals surface area contributed by atoms with Crippen molar-refractivity contribution in [2.75, 3.05) is 14.2 Å². The van der Waals surface area contributed by atoms with E-state index in [1.54, 1.807) is 14.2 Å². The van der Waals surface area contributed by atoms with Gasteiger partial charge in [-0.15, -0.1) is 0 Å². The number of H-pyrrole nitrogens is 1. The molecule has 0 spiro atoms. The second-order valence-electron chi connectivity index (χ2n) is 7.57. The minimum atomic E-state index is 0.101. The maximum atomic E-state index is 6.13. The number of benzene rings is 2. The molecule has 39 heavy (non-hydrogen) atoms. The summed E-state index contributed by atoms with van der Waals surface area (Å²) in [4.78, 5) is 18.3. The SMILES string of the molecule is COc1cccc2[nH]ccc12.COc1cccc2c1ccn2-c1nc(Cl)ncc1Cl.Clc1ncc(Cl)c(Cl)n1. The summed E-state index contributed by atoms with van der Waals surface area (Å²) in [6.07, 6.45) is 6.61. The lowest BCUT2D eigenvalue weighted by molar-refractivity contribution is 0.420. The Bertz CT molecular complexity index is 1720. The normalized spacial score (nSPS) is 10.4. The fourth-order valence-corrected chi connectivity index (χ4v) is 4.28. The van der Waals surface area contributed by atoms with Crippen molar-refractivity contribution in [3.05, 3.63) is 99.1 Å². The molecule has 0 saturated heterocycles. The molecule has 2 aromatic carbocycles. The first-order valence-corrected chi connectivity index (χ1v) is 13.0. The highest BCUT2D eigenvalue weighted by Gasteiger charge is 2.12.